The Labute approximate surface area is 139 Å². The summed E-state index contributed by atoms with van der Waals surface area (Å²) in [5, 5.41) is 10.1. The molecule has 4 heterocycles. The summed E-state index contributed by atoms with van der Waals surface area (Å²) >= 11 is 0. The molecule has 7 heteroatoms. The largest absolute Gasteiger partial charge is 0.369 e. The minimum absolute atomic E-state index is 0.0688. The van der Waals surface area contributed by atoms with Crippen molar-refractivity contribution in [1.82, 2.24) is 24.9 Å². The predicted octanol–water partition coefficient (Wildman–Crippen LogP) is 2.01. The van der Waals surface area contributed by atoms with Crippen molar-refractivity contribution in [2.45, 2.75) is 39.0 Å². The Morgan fingerprint density at radius 2 is 2.33 bits per heavy atom. The molecule has 0 saturated heterocycles. The second-order valence-corrected chi connectivity index (χ2v) is 6.17. The van der Waals surface area contributed by atoms with Crippen molar-refractivity contribution in [3.63, 3.8) is 0 Å². The van der Waals surface area contributed by atoms with Crippen molar-refractivity contribution in [2.75, 3.05) is 0 Å². The number of aromatic amines is 1. The minimum Gasteiger partial charge on any atom is -0.369 e. The van der Waals surface area contributed by atoms with Gasteiger partial charge in [-0.25, -0.2) is 4.98 Å². The number of hydrogen-bond acceptors (Lipinski definition) is 4. The molecule has 3 aromatic heterocycles. The molecule has 1 aliphatic rings. The van der Waals surface area contributed by atoms with Crippen molar-refractivity contribution in [3.8, 4) is 0 Å². The molecule has 0 saturated carbocycles. The lowest BCUT2D eigenvalue weighted by molar-refractivity contribution is -0.00697. The third kappa shape index (κ3) is 2.56. The molecule has 7 nitrogen and oxygen atoms in total. The van der Waals surface area contributed by atoms with Crippen LogP contribution >= 0.6 is 0 Å². The summed E-state index contributed by atoms with van der Waals surface area (Å²) in [6, 6.07) is 3.92. The van der Waals surface area contributed by atoms with Gasteiger partial charge >= 0.3 is 0 Å². The molecule has 124 valence electrons. The van der Waals surface area contributed by atoms with Crippen LogP contribution in [0.5, 0.6) is 0 Å². The first-order valence-corrected chi connectivity index (χ1v) is 8.04. The van der Waals surface area contributed by atoms with E-state index in [4.69, 9.17) is 4.74 Å². The fourth-order valence-electron chi connectivity index (χ4n) is 3.19. The van der Waals surface area contributed by atoms with Crippen LogP contribution in [0, 0.1) is 0 Å². The van der Waals surface area contributed by atoms with E-state index in [0.29, 0.717) is 18.7 Å². The lowest BCUT2D eigenvalue weighted by Crippen LogP contribution is -2.27. The van der Waals surface area contributed by atoms with Gasteiger partial charge in [0.05, 0.1) is 17.9 Å². The maximum Gasteiger partial charge on any atom is 0.272 e. The fourth-order valence-corrected chi connectivity index (χ4v) is 3.19. The number of rotatable bonds is 3. The van der Waals surface area contributed by atoms with Gasteiger partial charge in [0.1, 0.15) is 5.65 Å². The van der Waals surface area contributed by atoms with E-state index in [1.54, 1.807) is 6.20 Å². The van der Waals surface area contributed by atoms with Crippen LogP contribution in [0.2, 0.25) is 0 Å². The number of carbonyl (C=O) groups is 1. The molecule has 0 unspecified atom stereocenters. The topological polar surface area (TPSA) is 84.3 Å². The van der Waals surface area contributed by atoms with Crippen molar-refractivity contribution < 1.29 is 9.53 Å². The zero-order valence-electron chi connectivity index (χ0n) is 13.6. The standard InChI is InChI=1S/C17H19N5O2/c1-10-7-13-15(11(2)24-10)20-21-16(13)17(23)19-9-12-3-5-22-6-4-18-14(22)8-12/h3-6,8,10-11H,7,9H2,1-2H3,(H,19,23)(H,20,21)/t10-,11+/m1/s1. The highest BCUT2D eigenvalue weighted by atomic mass is 16.5. The molecular weight excluding hydrogens is 306 g/mol. The summed E-state index contributed by atoms with van der Waals surface area (Å²) in [6.45, 7) is 4.41. The minimum atomic E-state index is -0.169. The van der Waals surface area contributed by atoms with E-state index in [9.17, 15) is 4.79 Å². The molecule has 0 bridgehead atoms. The molecule has 0 aliphatic carbocycles. The van der Waals surface area contributed by atoms with Crippen LogP contribution in [-0.4, -0.2) is 31.6 Å². The predicted molar refractivity (Wildman–Crippen MR) is 87.6 cm³/mol. The molecule has 0 aromatic carbocycles. The molecule has 3 aromatic rings. The number of carbonyl (C=O) groups excluding carboxylic acids is 1. The number of nitrogens with zero attached hydrogens (tertiary/aromatic N) is 3. The number of aromatic nitrogens is 4. The van der Waals surface area contributed by atoms with Gasteiger partial charge in [0.25, 0.3) is 5.91 Å². The summed E-state index contributed by atoms with van der Waals surface area (Å²) in [6.07, 6.45) is 6.27. The van der Waals surface area contributed by atoms with E-state index in [2.05, 4.69) is 20.5 Å². The summed E-state index contributed by atoms with van der Waals surface area (Å²) < 4.78 is 7.68. The number of nitrogens with one attached hydrogen (secondary N) is 2. The molecule has 0 fully saturated rings. The lowest BCUT2D eigenvalue weighted by atomic mass is 9.99. The number of hydrogen-bond donors (Lipinski definition) is 2. The van der Waals surface area contributed by atoms with Gasteiger partial charge in [0, 0.05) is 37.1 Å². The third-order valence-electron chi connectivity index (χ3n) is 4.36. The molecule has 1 aliphatic heterocycles. The van der Waals surface area contributed by atoms with E-state index < -0.39 is 0 Å². The average molecular weight is 325 g/mol. The third-order valence-corrected chi connectivity index (χ3v) is 4.36. The van der Waals surface area contributed by atoms with Crippen LogP contribution in [0.15, 0.2) is 30.7 Å². The van der Waals surface area contributed by atoms with Crippen LogP contribution in [0.1, 0.15) is 47.3 Å². The molecule has 2 atom stereocenters. The van der Waals surface area contributed by atoms with Crippen LogP contribution in [-0.2, 0) is 17.7 Å². The molecule has 2 N–H and O–H groups in total. The van der Waals surface area contributed by atoms with Crippen LogP contribution in [0.4, 0.5) is 0 Å². The summed E-state index contributed by atoms with van der Waals surface area (Å²) in [5.41, 5.74) is 4.18. The SMILES string of the molecule is C[C@@H]1Cc2c(C(=O)NCc3ccn4ccnc4c3)n[nH]c2[C@H](C)O1. The van der Waals surface area contributed by atoms with E-state index in [-0.39, 0.29) is 18.1 Å². The maximum atomic E-state index is 12.5. The maximum absolute atomic E-state index is 12.5. The lowest BCUT2D eigenvalue weighted by Gasteiger charge is -2.25. The Kier molecular flexibility index (Phi) is 3.57. The van der Waals surface area contributed by atoms with E-state index >= 15 is 0 Å². The van der Waals surface area contributed by atoms with E-state index in [1.165, 1.54) is 0 Å². The van der Waals surface area contributed by atoms with Crippen molar-refractivity contribution in [2.24, 2.45) is 0 Å². The highest BCUT2D eigenvalue weighted by Gasteiger charge is 2.29. The first kappa shape index (κ1) is 14.9. The zero-order chi connectivity index (χ0) is 16.7. The molecule has 0 radical (unpaired) electrons. The van der Waals surface area contributed by atoms with Gasteiger partial charge in [0.15, 0.2) is 5.69 Å². The smallest absolute Gasteiger partial charge is 0.272 e. The van der Waals surface area contributed by atoms with Crippen LogP contribution in [0.25, 0.3) is 5.65 Å². The monoisotopic (exact) mass is 325 g/mol. The van der Waals surface area contributed by atoms with Gasteiger partial charge in [0.2, 0.25) is 0 Å². The summed E-state index contributed by atoms with van der Waals surface area (Å²) in [7, 11) is 0. The van der Waals surface area contributed by atoms with E-state index in [0.717, 1.165) is 22.5 Å². The molecule has 24 heavy (non-hydrogen) atoms. The first-order valence-electron chi connectivity index (χ1n) is 8.04. The molecular formula is C17H19N5O2. The molecule has 4 rings (SSSR count). The van der Waals surface area contributed by atoms with Gasteiger partial charge in [-0.2, -0.15) is 5.10 Å². The number of imidazole rings is 1. The second kappa shape index (κ2) is 5.76. The van der Waals surface area contributed by atoms with Crippen LogP contribution < -0.4 is 5.32 Å². The van der Waals surface area contributed by atoms with E-state index in [1.807, 2.05) is 42.8 Å². The summed E-state index contributed by atoms with van der Waals surface area (Å²) in [4.78, 5) is 16.8. The normalized spacial score (nSPS) is 20.1. The number of ether oxygens (including phenoxy) is 1. The Hall–Kier alpha value is -2.67. The number of fused-ring (bicyclic) bond motifs is 2. The van der Waals surface area contributed by atoms with Gasteiger partial charge in [-0.05, 0) is 31.5 Å². The second-order valence-electron chi connectivity index (χ2n) is 6.17. The number of H-pyrrole nitrogens is 1. The van der Waals surface area contributed by atoms with Crippen molar-refractivity contribution >= 4 is 11.6 Å². The van der Waals surface area contributed by atoms with Crippen molar-refractivity contribution in [1.29, 1.82) is 0 Å². The number of pyridine rings is 1. The summed E-state index contributed by atoms with van der Waals surface area (Å²) in [5.74, 6) is -0.169. The highest BCUT2D eigenvalue weighted by Crippen LogP contribution is 2.30. The zero-order valence-corrected chi connectivity index (χ0v) is 13.6. The Bertz CT molecular complexity index is 897. The first-order chi connectivity index (χ1) is 11.6. The average Bonchev–Trinajstić information content (AvgIpc) is 3.18. The van der Waals surface area contributed by atoms with Gasteiger partial charge in [-0.15, -0.1) is 0 Å². The Balaban J connectivity index is 1.50. The van der Waals surface area contributed by atoms with Gasteiger partial charge in [-0.1, -0.05) is 0 Å². The molecule has 1 amide bonds. The molecule has 0 spiro atoms. The number of amides is 1. The Morgan fingerprint density at radius 3 is 3.21 bits per heavy atom. The Morgan fingerprint density at radius 1 is 1.46 bits per heavy atom. The van der Waals surface area contributed by atoms with Gasteiger partial charge in [-0.3, -0.25) is 9.89 Å². The van der Waals surface area contributed by atoms with Crippen LogP contribution in [0.3, 0.4) is 0 Å². The quantitative estimate of drug-likeness (QED) is 0.771. The van der Waals surface area contributed by atoms with Gasteiger partial charge < -0.3 is 14.5 Å². The fraction of sp³-hybridized carbons (Fsp3) is 0.353. The highest BCUT2D eigenvalue weighted by molar-refractivity contribution is 5.94. The van der Waals surface area contributed by atoms with Crippen molar-refractivity contribution in [3.05, 3.63) is 53.2 Å².